The van der Waals surface area contributed by atoms with E-state index in [1.54, 1.807) is 18.1 Å². The Morgan fingerprint density at radius 1 is 1.09 bits per heavy atom. The highest BCUT2D eigenvalue weighted by Crippen LogP contribution is 2.41. The fourth-order valence-electron chi connectivity index (χ4n) is 4.53. The summed E-state index contributed by atoms with van der Waals surface area (Å²) in [4.78, 5) is 26.0. The maximum absolute atomic E-state index is 13.2. The first kappa shape index (κ1) is 20.9. The van der Waals surface area contributed by atoms with Crippen molar-refractivity contribution < 1.29 is 19.1 Å². The van der Waals surface area contributed by atoms with Crippen molar-refractivity contribution in [1.82, 2.24) is 0 Å². The van der Waals surface area contributed by atoms with Crippen molar-refractivity contribution in [3.63, 3.8) is 0 Å². The third-order valence-corrected chi connectivity index (χ3v) is 6.19. The fourth-order valence-corrected chi connectivity index (χ4v) is 4.53. The van der Waals surface area contributed by atoms with E-state index in [0.29, 0.717) is 29.3 Å². The summed E-state index contributed by atoms with van der Waals surface area (Å²) < 4.78 is 11.9. The molecule has 1 heterocycles. The van der Waals surface area contributed by atoms with Crippen molar-refractivity contribution in [2.24, 2.45) is 5.73 Å². The van der Waals surface area contributed by atoms with Gasteiger partial charge < -0.3 is 25.4 Å². The number of rotatable bonds is 7. The molecular weight excluding hydrogens is 418 g/mol. The van der Waals surface area contributed by atoms with E-state index < -0.39 is 5.91 Å². The third kappa shape index (κ3) is 3.98. The molecule has 7 heteroatoms. The van der Waals surface area contributed by atoms with Crippen molar-refractivity contribution >= 4 is 23.2 Å². The minimum absolute atomic E-state index is 0.0141. The summed E-state index contributed by atoms with van der Waals surface area (Å²) in [5.74, 6) is 0.684. The number of methoxy groups -OCH3 is 1. The SMILES string of the molecule is COc1ccc(N2Cc3ccc(NCC(N)=O)cc3C2=O)cc1OC1CCc2ccccc21. The van der Waals surface area contributed by atoms with Crippen molar-refractivity contribution in [2.45, 2.75) is 25.5 Å². The highest BCUT2D eigenvalue weighted by Gasteiger charge is 2.30. The minimum atomic E-state index is -0.459. The quantitative estimate of drug-likeness (QED) is 0.579. The molecule has 168 valence electrons. The lowest BCUT2D eigenvalue weighted by Gasteiger charge is -2.21. The van der Waals surface area contributed by atoms with Gasteiger partial charge in [0.15, 0.2) is 11.5 Å². The zero-order chi connectivity index (χ0) is 22.9. The summed E-state index contributed by atoms with van der Waals surface area (Å²) in [6.45, 7) is 0.475. The number of nitrogens with two attached hydrogens (primary N) is 1. The molecule has 3 aromatic rings. The Kier molecular flexibility index (Phi) is 5.38. The molecule has 33 heavy (non-hydrogen) atoms. The second-order valence-electron chi connectivity index (χ2n) is 8.26. The lowest BCUT2D eigenvalue weighted by atomic mass is 10.1. The first-order chi connectivity index (χ1) is 16.0. The Balaban J connectivity index is 1.39. The zero-order valence-electron chi connectivity index (χ0n) is 18.3. The Labute approximate surface area is 192 Å². The number of nitrogens with zero attached hydrogens (tertiary/aromatic N) is 1. The molecule has 5 rings (SSSR count). The molecular formula is C26H25N3O4. The van der Waals surface area contributed by atoms with Gasteiger partial charge in [-0.2, -0.15) is 0 Å². The minimum Gasteiger partial charge on any atom is -0.493 e. The molecule has 3 aromatic carbocycles. The zero-order valence-corrected chi connectivity index (χ0v) is 18.3. The molecule has 0 radical (unpaired) electrons. The average Bonchev–Trinajstić information content (AvgIpc) is 3.38. The van der Waals surface area contributed by atoms with Crippen LogP contribution in [0.2, 0.25) is 0 Å². The first-order valence-corrected chi connectivity index (χ1v) is 10.9. The van der Waals surface area contributed by atoms with Crippen molar-refractivity contribution in [3.8, 4) is 11.5 Å². The van der Waals surface area contributed by atoms with E-state index >= 15 is 0 Å². The number of carbonyl (C=O) groups is 2. The number of hydrogen-bond acceptors (Lipinski definition) is 5. The second-order valence-corrected chi connectivity index (χ2v) is 8.26. The van der Waals surface area contributed by atoms with Crippen LogP contribution in [-0.4, -0.2) is 25.5 Å². The van der Waals surface area contributed by atoms with Gasteiger partial charge in [0.05, 0.1) is 20.2 Å². The number of amides is 2. The van der Waals surface area contributed by atoms with Crippen LogP contribution in [0.1, 0.15) is 39.6 Å². The van der Waals surface area contributed by atoms with Gasteiger partial charge in [0.2, 0.25) is 5.91 Å². The molecule has 2 amide bonds. The van der Waals surface area contributed by atoms with E-state index in [9.17, 15) is 9.59 Å². The average molecular weight is 444 g/mol. The molecule has 0 fully saturated rings. The van der Waals surface area contributed by atoms with Gasteiger partial charge in [-0.05, 0) is 53.8 Å². The van der Waals surface area contributed by atoms with Crippen LogP contribution in [0.4, 0.5) is 11.4 Å². The number of primary amides is 1. The number of fused-ring (bicyclic) bond motifs is 2. The summed E-state index contributed by atoms with van der Waals surface area (Å²) in [6, 6.07) is 19.4. The van der Waals surface area contributed by atoms with Gasteiger partial charge in [0.25, 0.3) is 5.91 Å². The van der Waals surface area contributed by atoms with Crippen molar-refractivity contribution in [3.05, 3.63) is 82.9 Å². The van der Waals surface area contributed by atoms with Gasteiger partial charge in [-0.15, -0.1) is 0 Å². The van der Waals surface area contributed by atoms with Gasteiger partial charge >= 0.3 is 0 Å². The Morgan fingerprint density at radius 2 is 1.94 bits per heavy atom. The second kappa shape index (κ2) is 8.50. The lowest BCUT2D eigenvalue weighted by molar-refractivity contribution is -0.116. The van der Waals surface area contributed by atoms with Gasteiger partial charge in [-0.25, -0.2) is 0 Å². The molecule has 1 aliphatic carbocycles. The third-order valence-electron chi connectivity index (χ3n) is 6.19. The topological polar surface area (TPSA) is 93.9 Å². The fraction of sp³-hybridized carbons (Fsp3) is 0.231. The predicted molar refractivity (Wildman–Crippen MR) is 126 cm³/mol. The number of anilines is 2. The molecule has 1 atom stereocenters. The van der Waals surface area contributed by atoms with Gasteiger partial charge in [0.1, 0.15) is 6.10 Å². The summed E-state index contributed by atoms with van der Waals surface area (Å²) in [5, 5.41) is 2.94. The number of carbonyl (C=O) groups excluding carboxylic acids is 2. The molecule has 0 spiro atoms. The summed E-state index contributed by atoms with van der Waals surface area (Å²) in [6.07, 6.45) is 1.84. The van der Waals surface area contributed by atoms with Crippen molar-refractivity contribution in [1.29, 1.82) is 0 Å². The predicted octanol–water partition coefficient (Wildman–Crippen LogP) is 3.82. The maximum Gasteiger partial charge on any atom is 0.259 e. The number of hydrogen-bond donors (Lipinski definition) is 2. The van der Waals surface area contributed by atoms with Crippen LogP contribution in [0.3, 0.4) is 0 Å². The molecule has 1 unspecified atom stereocenters. The number of nitrogens with one attached hydrogen (secondary N) is 1. The van der Waals surface area contributed by atoms with Crippen LogP contribution >= 0.6 is 0 Å². The highest BCUT2D eigenvalue weighted by molar-refractivity contribution is 6.10. The molecule has 7 nitrogen and oxygen atoms in total. The van der Waals surface area contributed by atoms with Crippen LogP contribution < -0.4 is 25.4 Å². The van der Waals surface area contributed by atoms with Crippen LogP contribution in [0.15, 0.2) is 60.7 Å². The molecule has 1 aliphatic heterocycles. The van der Waals surface area contributed by atoms with Crippen LogP contribution in [0, 0.1) is 0 Å². The van der Waals surface area contributed by atoms with Crippen LogP contribution in [-0.2, 0) is 17.8 Å². The number of benzene rings is 3. The Bertz CT molecular complexity index is 1240. The van der Waals surface area contributed by atoms with E-state index in [4.69, 9.17) is 15.2 Å². The first-order valence-electron chi connectivity index (χ1n) is 10.9. The van der Waals surface area contributed by atoms with Gasteiger partial charge in [-0.3, -0.25) is 9.59 Å². The summed E-state index contributed by atoms with van der Waals surface area (Å²) >= 11 is 0. The Hall–Kier alpha value is -4.00. The molecule has 0 saturated heterocycles. The van der Waals surface area contributed by atoms with Gasteiger partial charge in [-0.1, -0.05) is 30.3 Å². The molecule has 0 bridgehead atoms. The highest BCUT2D eigenvalue weighted by atomic mass is 16.5. The monoisotopic (exact) mass is 443 g/mol. The summed E-state index contributed by atoms with van der Waals surface area (Å²) in [7, 11) is 1.61. The van der Waals surface area contributed by atoms with E-state index in [-0.39, 0.29) is 18.6 Å². The van der Waals surface area contributed by atoms with E-state index in [1.807, 2.05) is 42.5 Å². The van der Waals surface area contributed by atoms with E-state index in [2.05, 4.69) is 17.4 Å². The van der Waals surface area contributed by atoms with Crippen LogP contribution in [0.25, 0.3) is 0 Å². The standard InChI is InChI=1S/C26H25N3O4/c1-32-23-11-9-19(13-24(23)33-22-10-7-16-4-2-3-5-20(16)22)29-15-17-6-8-18(28-14-25(27)30)12-21(17)26(29)31/h2-6,8-9,11-13,22,28H,7,10,14-15H2,1H3,(H2,27,30). The largest absolute Gasteiger partial charge is 0.493 e. The van der Waals surface area contributed by atoms with E-state index in [0.717, 1.165) is 24.1 Å². The number of ether oxygens (including phenoxy) is 2. The maximum atomic E-state index is 13.2. The van der Waals surface area contributed by atoms with Crippen LogP contribution in [0.5, 0.6) is 11.5 Å². The number of aryl methyl sites for hydroxylation is 1. The smallest absolute Gasteiger partial charge is 0.259 e. The Morgan fingerprint density at radius 3 is 2.76 bits per heavy atom. The molecule has 3 N–H and O–H groups in total. The van der Waals surface area contributed by atoms with E-state index in [1.165, 1.54) is 11.1 Å². The molecule has 0 saturated carbocycles. The van der Waals surface area contributed by atoms with Crippen molar-refractivity contribution in [2.75, 3.05) is 23.9 Å². The molecule has 2 aliphatic rings. The lowest BCUT2D eigenvalue weighted by Crippen LogP contribution is -2.23. The summed E-state index contributed by atoms with van der Waals surface area (Å²) in [5.41, 5.74) is 10.7. The normalized spacial score (nSPS) is 16.3. The van der Waals surface area contributed by atoms with Gasteiger partial charge in [0, 0.05) is 23.0 Å². The molecule has 0 aromatic heterocycles.